The number of methoxy groups -OCH3 is 1. The summed E-state index contributed by atoms with van der Waals surface area (Å²) in [5, 5.41) is 9.50. The van der Waals surface area contributed by atoms with E-state index in [1.54, 1.807) is 13.2 Å². The minimum atomic E-state index is -0.818. The molecule has 20 heavy (non-hydrogen) atoms. The van der Waals surface area contributed by atoms with Crippen LogP contribution in [0.5, 0.6) is 5.75 Å². The summed E-state index contributed by atoms with van der Waals surface area (Å²) >= 11 is 0. The number of benzene rings is 2. The van der Waals surface area contributed by atoms with Gasteiger partial charge in [0.05, 0.1) is 13.0 Å². The largest absolute Gasteiger partial charge is 0.497 e. The van der Waals surface area contributed by atoms with E-state index in [0.29, 0.717) is 12.2 Å². The fourth-order valence-electron chi connectivity index (χ4n) is 2.29. The Hall–Kier alpha value is -2.29. The van der Waals surface area contributed by atoms with Gasteiger partial charge >= 0.3 is 5.97 Å². The quantitative estimate of drug-likeness (QED) is 0.905. The van der Waals surface area contributed by atoms with Gasteiger partial charge in [-0.05, 0) is 42.2 Å². The molecule has 0 amide bonds. The third-order valence-corrected chi connectivity index (χ3v) is 3.29. The Morgan fingerprint density at radius 1 is 1.20 bits per heavy atom. The van der Waals surface area contributed by atoms with E-state index < -0.39 is 11.9 Å². The number of carboxylic acids is 1. The SMILES string of the molecule is COc1cc(C)cc(C(Cc2ccccc2)C(=O)O)c1. The lowest BCUT2D eigenvalue weighted by molar-refractivity contribution is -0.138. The molecule has 0 heterocycles. The number of carboxylic acid groups (broad SMARTS) is 1. The molecular weight excluding hydrogens is 252 g/mol. The van der Waals surface area contributed by atoms with E-state index in [1.807, 2.05) is 49.4 Å². The van der Waals surface area contributed by atoms with Crippen LogP contribution in [-0.2, 0) is 11.2 Å². The average Bonchev–Trinajstić information content (AvgIpc) is 2.44. The normalized spacial score (nSPS) is 11.9. The smallest absolute Gasteiger partial charge is 0.311 e. The second-order valence-electron chi connectivity index (χ2n) is 4.86. The van der Waals surface area contributed by atoms with Crippen LogP contribution in [0.3, 0.4) is 0 Å². The molecule has 104 valence electrons. The second-order valence-corrected chi connectivity index (χ2v) is 4.86. The topological polar surface area (TPSA) is 46.5 Å². The molecule has 1 atom stereocenters. The predicted molar refractivity (Wildman–Crippen MR) is 78.3 cm³/mol. The van der Waals surface area contributed by atoms with Gasteiger partial charge in [-0.2, -0.15) is 0 Å². The fourth-order valence-corrected chi connectivity index (χ4v) is 2.29. The molecule has 1 unspecified atom stereocenters. The van der Waals surface area contributed by atoms with Crippen LogP contribution in [0, 0.1) is 6.92 Å². The van der Waals surface area contributed by atoms with E-state index in [9.17, 15) is 9.90 Å². The van der Waals surface area contributed by atoms with E-state index in [0.717, 1.165) is 16.7 Å². The Labute approximate surface area is 118 Å². The van der Waals surface area contributed by atoms with Crippen molar-refractivity contribution in [2.24, 2.45) is 0 Å². The van der Waals surface area contributed by atoms with Gasteiger partial charge in [-0.1, -0.05) is 36.4 Å². The van der Waals surface area contributed by atoms with Crippen molar-refractivity contribution >= 4 is 5.97 Å². The highest BCUT2D eigenvalue weighted by Crippen LogP contribution is 2.26. The molecule has 0 aliphatic carbocycles. The summed E-state index contributed by atoms with van der Waals surface area (Å²) in [6, 6.07) is 15.3. The number of ether oxygens (including phenoxy) is 1. The number of aliphatic carboxylic acids is 1. The second kappa shape index (κ2) is 6.24. The summed E-state index contributed by atoms with van der Waals surface area (Å²) in [6.07, 6.45) is 0.475. The summed E-state index contributed by atoms with van der Waals surface area (Å²) in [5.74, 6) is -0.688. The molecule has 0 saturated heterocycles. The maximum absolute atomic E-state index is 11.6. The average molecular weight is 270 g/mol. The molecule has 0 saturated carbocycles. The van der Waals surface area contributed by atoms with Crippen molar-refractivity contribution in [1.29, 1.82) is 0 Å². The van der Waals surface area contributed by atoms with Gasteiger partial charge in [0.15, 0.2) is 0 Å². The number of carbonyl (C=O) groups is 1. The van der Waals surface area contributed by atoms with Crippen molar-refractivity contribution in [3.8, 4) is 5.75 Å². The molecule has 0 radical (unpaired) electrons. The maximum Gasteiger partial charge on any atom is 0.311 e. The molecule has 0 aliphatic heterocycles. The van der Waals surface area contributed by atoms with Gasteiger partial charge in [-0.15, -0.1) is 0 Å². The lowest BCUT2D eigenvalue weighted by atomic mass is 9.91. The van der Waals surface area contributed by atoms with E-state index in [2.05, 4.69) is 0 Å². The molecule has 2 aromatic rings. The van der Waals surface area contributed by atoms with Gasteiger partial charge in [0, 0.05) is 0 Å². The number of aryl methyl sites for hydroxylation is 1. The van der Waals surface area contributed by atoms with Crippen molar-refractivity contribution in [2.45, 2.75) is 19.3 Å². The van der Waals surface area contributed by atoms with Gasteiger partial charge < -0.3 is 9.84 Å². The molecule has 2 rings (SSSR count). The summed E-state index contributed by atoms with van der Waals surface area (Å²) < 4.78 is 5.22. The molecule has 2 aromatic carbocycles. The Bertz CT molecular complexity index is 590. The zero-order valence-electron chi connectivity index (χ0n) is 11.7. The lowest BCUT2D eigenvalue weighted by Crippen LogP contribution is -2.14. The minimum absolute atomic E-state index is 0.475. The van der Waals surface area contributed by atoms with Crippen molar-refractivity contribution in [3.63, 3.8) is 0 Å². The van der Waals surface area contributed by atoms with Gasteiger partial charge in [0.1, 0.15) is 5.75 Å². The van der Waals surface area contributed by atoms with Crippen LogP contribution in [0.1, 0.15) is 22.6 Å². The van der Waals surface area contributed by atoms with Crippen LogP contribution in [-0.4, -0.2) is 18.2 Å². The molecule has 0 bridgehead atoms. The first kappa shape index (κ1) is 14.1. The zero-order chi connectivity index (χ0) is 14.5. The number of rotatable bonds is 5. The van der Waals surface area contributed by atoms with Crippen LogP contribution in [0.2, 0.25) is 0 Å². The van der Waals surface area contributed by atoms with Gasteiger partial charge in [0.2, 0.25) is 0 Å². The van der Waals surface area contributed by atoms with Crippen LogP contribution in [0.15, 0.2) is 48.5 Å². The molecule has 3 nitrogen and oxygen atoms in total. The van der Waals surface area contributed by atoms with Crippen LogP contribution in [0.4, 0.5) is 0 Å². The third-order valence-electron chi connectivity index (χ3n) is 3.29. The number of hydrogen-bond acceptors (Lipinski definition) is 2. The first-order valence-electron chi connectivity index (χ1n) is 6.52. The Morgan fingerprint density at radius 3 is 2.50 bits per heavy atom. The Kier molecular flexibility index (Phi) is 4.41. The predicted octanol–water partition coefficient (Wildman–Crippen LogP) is 3.41. The molecule has 0 spiro atoms. The summed E-state index contributed by atoms with van der Waals surface area (Å²) in [5.41, 5.74) is 2.79. The monoisotopic (exact) mass is 270 g/mol. The first-order valence-corrected chi connectivity index (χ1v) is 6.52. The highest BCUT2D eigenvalue weighted by molar-refractivity contribution is 5.76. The first-order chi connectivity index (χ1) is 9.60. The van der Waals surface area contributed by atoms with E-state index in [-0.39, 0.29) is 0 Å². The Balaban J connectivity index is 2.34. The molecule has 1 N–H and O–H groups in total. The maximum atomic E-state index is 11.6. The molecule has 0 aliphatic rings. The van der Waals surface area contributed by atoms with Crippen molar-refractivity contribution in [3.05, 3.63) is 65.2 Å². The van der Waals surface area contributed by atoms with Gasteiger partial charge in [-0.3, -0.25) is 4.79 Å². The zero-order valence-corrected chi connectivity index (χ0v) is 11.7. The summed E-state index contributed by atoms with van der Waals surface area (Å²) in [7, 11) is 1.59. The van der Waals surface area contributed by atoms with Crippen LogP contribution >= 0.6 is 0 Å². The van der Waals surface area contributed by atoms with Crippen LogP contribution in [0.25, 0.3) is 0 Å². The molecule has 0 fully saturated rings. The Morgan fingerprint density at radius 2 is 1.90 bits per heavy atom. The van der Waals surface area contributed by atoms with Crippen molar-refractivity contribution in [2.75, 3.05) is 7.11 Å². The summed E-state index contributed by atoms with van der Waals surface area (Å²) in [6.45, 7) is 1.94. The fraction of sp³-hybridized carbons (Fsp3) is 0.235. The highest BCUT2D eigenvalue weighted by Gasteiger charge is 2.21. The molecular formula is C17H18O3. The van der Waals surface area contributed by atoms with E-state index >= 15 is 0 Å². The lowest BCUT2D eigenvalue weighted by Gasteiger charge is -2.15. The molecule has 0 aromatic heterocycles. The van der Waals surface area contributed by atoms with Gasteiger partial charge in [0.25, 0.3) is 0 Å². The molecule has 3 heteroatoms. The third kappa shape index (κ3) is 3.38. The minimum Gasteiger partial charge on any atom is -0.497 e. The standard InChI is InChI=1S/C17H18O3/c1-12-8-14(11-15(9-12)20-2)16(17(18)19)10-13-6-4-3-5-7-13/h3-9,11,16H,10H2,1-2H3,(H,18,19). The number of hydrogen-bond donors (Lipinski definition) is 1. The van der Waals surface area contributed by atoms with Crippen molar-refractivity contribution in [1.82, 2.24) is 0 Å². The van der Waals surface area contributed by atoms with E-state index in [4.69, 9.17) is 4.74 Å². The highest BCUT2D eigenvalue weighted by atomic mass is 16.5. The van der Waals surface area contributed by atoms with Gasteiger partial charge in [-0.25, -0.2) is 0 Å². The van der Waals surface area contributed by atoms with Crippen molar-refractivity contribution < 1.29 is 14.6 Å². The van der Waals surface area contributed by atoms with Crippen LogP contribution < -0.4 is 4.74 Å². The summed E-state index contributed by atoms with van der Waals surface area (Å²) in [4.78, 5) is 11.6. The van der Waals surface area contributed by atoms with E-state index in [1.165, 1.54) is 0 Å².